The molecule has 0 aromatic heterocycles. The molecule has 3 heterocycles. The maximum absolute atomic E-state index is 14.8. The number of para-hydroxylation sites is 1. The number of carbonyl (C=O) groups is 3. The summed E-state index contributed by atoms with van der Waals surface area (Å²) in [6.07, 6.45) is 3.81. The van der Waals surface area contributed by atoms with Crippen LogP contribution in [0.25, 0.3) is 6.08 Å². The van der Waals surface area contributed by atoms with E-state index in [4.69, 9.17) is 16.3 Å². The first-order valence-electron chi connectivity index (χ1n) is 13.4. The van der Waals surface area contributed by atoms with Gasteiger partial charge in [-0.1, -0.05) is 54.1 Å². The molecular formula is C34H25ClN2O4. The monoisotopic (exact) mass is 560 g/mol. The van der Waals surface area contributed by atoms with Crippen molar-refractivity contribution < 1.29 is 19.1 Å². The van der Waals surface area contributed by atoms with E-state index < -0.39 is 23.4 Å². The van der Waals surface area contributed by atoms with Crippen LogP contribution in [0.3, 0.4) is 0 Å². The number of rotatable bonds is 5. The number of anilines is 1. The van der Waals surface area contributed by atoms with E-state index in [-0.39, 0.29) is 17.5 Å². The van der Waals surface area contributed by atoms with Crippen LogP contribution in [-0.4, -0.2) is 35.5 Å². The molecule has 0 bridgehead atoms. The number of nitrogens with zero attached hydrogens (tertiary/aromatic N) is 1. The van der Waals surface area contributed by atoms with Crippen molar-refractivity contribution in [1.82, 2.24) is 4.90 Å². The lowest BCUT2D eigenvalue weighted by Gasteiger charge is -2.38. The molecule has 4 aromatic carbocycles. The van der Waals surface area contributed by atoms with Gasteiger partial charge in [0.1, 0.15) is 17.2 Å². The Bertz CT molecular complexity index is 1750. The number of ketones is 2. The molecule has 1 saturated heterocycles. The molecule has 3 aliphatic rings. The van der Waals surface area contributed by atoms with Gasteiger partial charge >= 0.3 is 0 Å². The van der Waals surface area contributed by atoms with E-state index in [2.05, 4.69) is 5.32 Å². The molecular weight excluding hydrogens is 536 g/mol. The summed E-state index contributed by atoms with van der Waals surface area (Å²) in [5.74, 6) is -1.26. The Morgan fingerprint density at radius 2 is 1.51 bits per heavy atom. The predicted molar refractivity (Wildman–Crippen MR) is 157 cm³/mol. The molecule has 4 aromatic rings. The van der Waals surface area contributed by atoms with Crippen LogP contribution in [-0.2, 0) is 10.2 Å². The average molecular weight is 561 g/mol. The van der Waals surface area contributed by atoms with Crippen molar-refractivity contribution in [3.8, 4) is 5.75 Å². The molecule has 41 heavy (non-hydrogen) atoms. The Kier molecular flexibility index (Phi) is 5.84. The number of amides is 1. The molecule has 1 amide bonds. The van der Waals surface area contributed by atoms with Gasteiger partial charge in [-0.25, -0.2) is 0 Å². The number of benzene rings is 4. The summed E-state index contributed by atoms with van der Waals surface area (Å²) in [7, 11) is 1.56. The highest BCUT2D eigenvalue weighted by molar-refractivity contribution is 6.30. The summed E-state index contributed by atoms with van der Waals surface area (Å²) >= 11 is 6.15. The Morgan fingerprint density at radius 3 is 2.27 bits per heavy atom. The molecule has 4 atom stereocenters. The highest BCUT2D eigenvalue weighted by Crippen LogP contribution is 2.62. The lowest BCUT2D eigenvalue weighted by molar-refractivity contribution is -0.122. The summed E-state index contributed by atoms with van der Waals surface area (Å²) in [5.41, 5.74) is 2.64. The topological polar surface area (TPSA) is 75.7 Å². The van der Waals surface area contributed by atoms with Crippen molar-refractivity contribution in [3.63, 3.8) is 0 Å². The molecule has 3 aliphatic heterocycles. The maximum atomic E-state index is 14.8. The van der Waals surface area contributed by atoms with Gasteiger partial charge in [-0.05, 0) is 77.4 Å². The van der Waals surface area contributed by atoms with Crippen molar-refractivity contribution >= 4 is 40.8 Å². The van der Waals surface area contributed by atoms with Crippen LogP contribution in [0.5, 0.6) is 5.75 Å². The van der Waals surface area contributed by atoms with E-state index in [0.717, 1.165) is 11.1 Å². The van der Waals surface area contributed by atoms with Gasteiger partial charge in [-0.15, -0.1) is 0 Å². The number of ether oxygens (including phenoxy) is 1. The van der Waals surface area contributed by atoms with Gasteiger partial charge in [-0.3, -0.25) is 14.4 Å². The van der Waals surface area contributed by atoms with Crippen LogP contribution >= 0.6 is 11.6 Å². The van der Waals surface area contributed by atoms with E-state index in [1.165, 1.54) is 0 Å². The van der Waals surface area contributed by atoms with E-state index in [1.54, 1.807) is 55.6 Å². The molecule has 7 heteroatoms. The first-order chi connectivity index (χ1) is 19.9. The highest BCUT2D eigenvalue weighted by Gasteiger charge is 2.70. The Labute approximate surface area is 242 Å². The summed E-state index contributed by atoms with van der Waals surface area (Å²) < 4.78 is 5.32. The second-order valence-corrected chi connectivity index (χ2v) is 11.0. The quantitative estimate of drug-likeness (QED) is 0.289. The number of hydrogen-bond acceptors (Lipinski definition) is 5. The number of hydrogen-bond donors (Lipinski definition) is 1. The fourth-order valence-corrected chi connectivity index (χ4v) is 7.01. The third-order valence-corrected chi connectivity index (χ3v) is 8.88. The molecule has 0 unspecified atom stereocenters. The summed E-state index contributed by atoms with van der Waals surface area (Å²) in [6, 6.07) is 27.3. The first kappa shape index (κ1) is 25.3. The van der Waals surface area contributed by atoms with Crippen molar-refractivity contribution in [1.29, 1.82) is 0 Å². The van der Waals surface area contributed by atoms with Crippen molar-refractivity contribution in [2.45, 2.75) is 17.5 Å². The molecule has 1 spiro atoms. The molecule has 1 N–H and O–H groups in total. The van der Waals surface area contributed by atoms with Gasteiger partial charge in [0.15, 0.2) is 11.6 Å². The molecule has 0 saturated carbocycles. The molecule has 6 nitrogen and oxygen atoms in total. The standard InChI is InChI=1S/C34H25ClN2O4/c1-41-24-16-12-21(13-17-24)30(38)28-29(31(39)22-10-14-23(35)15-11-22)37-19-18-20-6-2-3-7-25(20)32(37)34(28)26-8-4-5-9-27(26)36-33(34)40/h2-19,28-29,32H,1H3,(H,36,40)/t28-,29+,32+,34-/m0/s1. The molecule has 0 aliphatic carbocycles. The van der Waals surface area contributed by atoms with E-state index in [1.807, 2.05) is 65.7 Å². The van der Waals surface area contributed by atoms with Crippen LogP contribution in [0.15, 0.2) is 103 Å². The second-order valence-electron chi connectivity index (χ2n) is 10.5. The fraction of sp³-hybridized carbons (Fsp3) is 0.147. The Balaban J connectivity index is 1.52. The number of Topliss-reactive ketones (excluding diaryl/α,β-unsaturated/α-hetero) is 2. The number of nitrogens with one attached hydrogen (secondary N) is 1. The van der Waals surface area contributed by atoms with Gasteiger partial charge in [0, 0.05) is 28.0 Å². The van der Waals surface area contributed by atoms with Crippen molar-refractivity contribution in [2.75, 3.05) is 12.4 Å². The second kappa shape index (κ2) is 9.46. The Hall–Kier alpha value is -4.68. The van der Waals surface area contributed by atoms with Crippen LogP contribution in [0.2, 0.25) is 5.02 Å². The zero-order valence-corrected chi connectivity index (χ0v) is 22.8. The average Bonchev–Trinajstić information content (AvgIpc) is 3.49. The van der Waals surface area contributed by atoms with Gasteiger partial charge in [-0.2, -0.15) is 0 Å². The maximum Gasteiger partial charge on any atom is 0.238 e. The predicted octanol–water partition coefficient (Wildman–Crippen LogP) is 6.33. The molecule has 1 fully saturated rings. The smallest absolute Gasteiger partial charge is 0.238 e. The van der Waals surface area contributed by atoms with E-state index in [9.17, 15) is 14.4 Å². The van der Waals surface area contributed by atoms with Crippen LogP contribution in [0.4, 0.5) is 5.69 Å². The highest BCUT2D eigenvalue weighted by atomic mass is 35.5. The SMILES string of the molecule is COc1ccc(C(=O)[C@@H]2[C@H](C(=O)c3ccc(Cl)cc3)N3C=Cc4ccccc4[C@@H]3[C@@]23C(=O)Nc2ccccc23)cc1. The van der Waals surface area contributed by atoms with Crippen LogP contribution in [0.1, 0.15) is 43.4 Å². The van der Waals surface area contributed by atoms with Crippen molar-refractivity contribution in [3.05, 3.63) is 136 Å². The third kappa shape index (κ3) is 3.60. The zero-order valence-electron chi connectivity index (χ0n) is 22.1. The lowest BCUT2D eigenvalue weighted by atomic mass is 9.62. The summed E-state index contributed by atoms with van der Waals surface area (Å²) in [4.78, 5) is 45.7. The van der Waals surface area contributed by atoms with Gasteiger partial charge in [0.25, 0.3) is 0 Å². The van der Waals surface area contributed by atoms with Crippen LogP contribution < -0.4 is 10.1 Å². The number of halogens is 1. The largest absolute Gasteiger partial charge is 0.497 e. The number of carbonyl (C=O) groups excluding carboxylic acids is 3. The molecule has 0 radical (unpaired) electrons. The number of methoxy groups -OCH3 is 1. The third-order valence-electron chi connectivity index (χ3n) is 8.62. The first-order valence-corrected chi connectivity index (χ1v) is 13.8. The van der Waals surface area contributed by atoms with Crippen LogP contribution in [0, 0.1) is 5.92 Å². The normalized spacial score (nSPS) is 23.5. The minimum absolute atomic E-state index is 0.253. The molecule has 7 rings (SSSR count). The lowest BCUT2D eigenvalue weighted by Crippen LogP contribution is -2.49. The fourth-order valence-electron chi connectivity index (χ4n) is 6.89. The Morgan fingerprint density at radius 1 is 0.854 bits per heavy atom. The van der Waals surface area contributed by atoms with E-state index >= 15 is 0 Å². The van der Waals surface area contributed by atoms with Gasteiger partial charge in [0.05, 0.1) is 19.1 Å². The minimum atomic E-state index is -1.37. The zero-order chi connectivity index (χ0) is 28.3. The summed E-state index contributed by atoms with van der Waals surface area (Å²) in [6.45, 7) is 0. The van der Waals surface area contributed by atoms with E-state index in [0.29, 0.717) is 33.1 Å². The minimum Gasteiger partial charge on any atom is -0.497 e. The van der Waals surface area contributed by atoms with Crippen molar-refractivity contribution in [2.24, 2.45) is 5.92 Å². The number of fused-ring (bicyclic) bond motifs is 6. The van der Waals surface area contributed by atoms with Gasteiger partial charge in [0.2, 0.25) is 5.91 Å². The molecule has 202 valence electrons. The van der Waals surface area contributed by atoms with Gasteiger partial charge < -0.3 is 15.0 Å². The summed E-state index contributed by atoms with van der Waals surface area (Å²) in [5, 5.41) is 3.57.